The van der Waals surface area contributed by atoms with Crippen molar-refractivity contribution in [2.45, 2.75) is 219 Å². The summed E-state index contributed by atoms with van der Waals surface area (Å²) in [6.45, 7) is 3.86. The molecular weight excluding hydrogens is 741 g/mol. The third kappa shape index (κ3) is 42.1. The molecule has 3 atom stereocenters. The number of esters is 1. The Balaban J connectivity index is 4.12. The van der Waals surface area contributed by atoms with Gasteiger partial charge < -0.3 is 25.2 Å². The number of carboxylic acids is 1. The number of phosphoric ester groups is 1. The smallest absolute Gasteiger partial charge is 0.472 e. The molecule has 0 aromatic rings. The molecule has 0 saturated heterocycles. The second-order valence-corrected chi connectivity index (χ2v) is 17.0. The molecule has 0 aromatic carbocycles. The zero-order chi connectivity index (χ0) is 41.9. The van der Waals surface area contributed by atoms with Crippen LogP contribution in [0.2, 0.25) is 0 Å². The maximum absolute atomic E-state index is 12.6. The summed E-state index contributed by atoms with van der Waals surface area (Å²) < 4.78 is 33.3. The monoisotopic (exact) mass is 828 g/mol. The van der Waals surface area contributed by atoms with Crippen molar-refractivity contribution in [3.8, 4) is 0 Å². The number of ether oxygens (including phenoxy) is 2. The summed E-state index contributed by atoms with van der Waals surface area (Å²) in [7, 11) is -4.61. The van der Waals surface area contributed by atoms with Gasteiger partial charge in [-0.2, -0.15) is 0 Å². The van der Waals surface area contributed by atoms with E-state index in [9.17, 15) is 19.0 Å². The average molecular weight is 828 g/mol. The highest BCUT2D eigenvalue weighted by Gasteiger charge is 2.27. The van der Waals surface area contributed by atoms with Gasteiger partial charge in [0.15, 0.2) is 0 Å². The third-order valence-corrected chi connectivity index (χ3v) is 10.9. The molecule has 0 rings (SSSR count). The van der Waals surface area contributed by atoms with E-state index in [4.69, 9.17) is 29.4 Å². The van der Waals surface area contributed by atoms with Crippen LogP contribution in [0.1, 0.15) is 206 Å². The van der Waals surface area contributed by atoms with Crippen LogP contribution in [0.15, 0.2) is 36.5 Å². The van der Waals surface area contributed by atoms with Crippen molar-refractivity contribution in [2.75, 3.05) is 26.4 Å². The van der Waals surface area contributed by atoms with E-state index in [1.807, 2.05) is 0 Å². The molecule has 0 heterocycles. The molecule has 11 heteroatoms. The number of allylic oxidation sites excluding steroid dienone is 6. The summed E-state index contributed by atoms with van der Waals surface area (Å²) >= 11 is 0. The number of rotatable bonds is 44. The zero-order valence-corrected chi connectivity index (χ0v) is 37.3. The molecule has 0 bridgehead atoms. The second-order valence-electron chi connectivity index (χ2n) is 15.5. The van der Waals surface area contributed by atoms with Crippen molar-refractivity contribution >= 4 is 19.8 Å². The van der Waals surface area contributed by atoms with Crippen LogP contribution in [0.5, 0.6) is 0 Å². The molecule has 0 saturated carbocycles. The molecule has 0 aliphatic carbocycles. The van der Waals surface area contributed by atoms with Crippen molar-refractivity contribution in [2.24, 2.45) is 5.73 Å². The fraction of sp³-hybridized carbons (Fsp3) is 0.826. The minimum Gasteiger partial charge on any atom is -0.480 e. The van der Waals surface area contributed by atoms with E-state index in [1.165, 1.54) is 128 Å². The minimum atomic E-state index is -4.61. The van der Waals surface area contributed by atoms with E-state index in [-0.39, 0.29) is 13.0 Å². The van der Waals surface area contributed by atoms with Gasteiger partial charge in [-0.1, -0.05) is 185 Å². The van der Waals surface area contributed by atoms with Crippen molar-refractivity contribution in [3.05, 3.63) is 36.5 Å². The lowest BCUT2D eigenvalue weighted by atomic mass is 10.1. The quantitative estimate of drug-likeness (QED) is 0.0234. The van der Waals surface area contributed by atoms with Crippen LogP contribution in [0, 0.1) is 0 Å². The standard InChI is InChI=1S/C46H86NO9P/c1-3-5-7-9-11-13-15-16-17-18-19-20-21-22-23-24-25-26-27-29-31-33-35-37-39-53-40-43(41-54-57(51,52)55-42-44(47)46(49)50)56-45(48)38-36-34-32-30-28-14-12-10-8-6-4-2/h15-16,18-19,21-22,43-44H,3-14,17,20,23-42,47H2,1-2H3,(H,49,50)(H,51,52)/b16-15-,19-18-,22-21-. The summed E-state index contributed by atoms with van der Waals surface area (Å²) in [6.07, 6.45) is 47.7. The number of carbonyl (C=O) groups is 2. The lowest BCUT2D eigenvalue weighted by molar-refractivity contribution is -0.154. The van der Waals surface area contributed by atoms with Crippen molar-refractivity contribution in [3.63, 3.8) is 0 Å². The molecule has 0 spiro atoms. The average Bonchev–Trinajstić information content (AvgIpc) is 3.19. The molecule has 0 amide bonds. The van der Waals surface area contributed by atoms with Crippen LogP contribution in [-0.4, -0.2) is 60.5 Å². The zero-order valence-electron chi connectivity index (χ0n) is 36.4. The van der Waals surface area contributed by atoms with E-state index in [2.05, 4.69) is 50.3 Å². The van der Waals surface area contributed by atoms with Gasteiger partial charge >= 0.3 is 19.8 Å². The first-order chi connectivity index (χ1) is 27.7. The highest BCUT2D eigenvalue weighted by molar-refractivity contribution is 7.47. The van der Waals surface area contributed by atoms with Gasteiger partial charge in [-0.3, -0.25) is 18.6 Å². The number of phosphoric acid groups is 1. The maximum atomic E-state index is 12.6. The molecule has 0 aromatic heterocycles. The number of carbonyl (C=O) groups excluding carboxylic acids is 1. The van der Waals surface area contributed by atoms with E-state index in [0.717, 1.165) is 51.4 Å². The SMILES string of the molecule is CCCCCCC/C=C\C/C=C\C/C=C\CCCCCCCCCCCOCC(COP(=O)(O)OCC(N)C(=O)O)OC(=O)CCCCCCCCCCCCC. The van der Waals surface area contributed by atoms with Gasteiger partial charge in [0.05, 0.1) is 19.8 Å². The van der Waals surface area contributed by atoms with E-state index < -0.39 is 45.1 Å². The van der Waals surface area contributed by atoms with Gasteiger partial charge in [-0.25, -0.2) is 4.57 Å². The number of unbranched alkanes of at least 4 members (excludes halogenated alkanes) is 24. The number of hydrogen-bond acceptors (Lipinski definition) is 8. The Kier molecular flexibility index (Phi) is 41.0. The van der Waals surface area contributed by atoms with Crippen LogP contribution in [0.25, 0.3) is 0 Å². The first kappa shape index (κ1) is 55.2. The van der Waals surface area contributed by atoms with Crippen molar-refractivity contribution in [1.82, 2.24) is 0 Å². The Morgan fingerprint density at radius 1 is 0.561 bits per heavy atom. The predicted octanol–water partition coefficient (Wildman–Crippen LogP) is 12.9. The molecule has 4 N–H and O–H groups in total. The summed E-state index contributed by atoms with van der Waals surface area (Å²) in [5, 5.41) is 8.89. The fourth-order valence-corrected chi connectivity index (χ4v) is 7.10. The minimum absolute atomic E-state index is 0.0154. The molecule has 0 radical (unpaired) electrons. The second kappa shape index (κ2) is 42.3. The van der Waals surface area contributed by atoms with Gasteiger partial charge in [-0.15, -0.1) is 0 Å². The normalized spacial score (nSPS) is 14.2. The van der Waals surface area contributed by atoms with Gasteiger partial charge in [0.2, 0.25) is 0 Å². The predicted molar refractivity (Wildman–Crippen MR) is 235 cm³/mol. The maximum Gasteiger partial charge on any atom is 0.472 e. The molecule has 57 heavy (non-hydrogen) atoms. The molecule has 334 valence electrons. The van der Waals surface area contributed by atoms with Gasteiger partial charge in [0.25, 0.3) is 0 Å². The van der Waals surface area contributed by atoms with Crippen LogP contribution in [0.3, 0.4) is 0 Å². The Morgan fingerprint density at radius 2 is 0.965 bits per heavy atom. The van der Waals surface area contributed by atoms with Crippen LogP contribution in [-0.2, 0) is 32.7 Å². The Labute approximate surface area is 348 Å². The van der Waals surface area contributed by atoms with E-state index in [1.54, 1.807) is 0 Å². The summed E-state index contributed by atoms with van der Waals surface area (Å²) in [5.74, 6) is -1.78. The van der Waals surface area contributed by atoms with Crippen LogP contribution < -0.4 is 5.73 Å². The number of aliphatic carboxylic acids is 1. The molecule has 10 nitrogen and oxygen atoms in total. The van der Waals surface area contributed by atoms with Crippen molar-refractivity contribution in [1.29, 1.82) is 0 Å². The molecule has 0 fully saturated rings. The van der Waals surface area contributed by atoms with Gasteiger partial charge in [0, 0.05) is 13.0 Å². The highest BCUT2D eigenvalue weighted by atomic mass is 31.2. The summed E-state index contributed by atoms with van der Waals surface area (Å²) in [6, 6.07) is -1.47. The molecule has 0 aliphatic heterocycles. The Bertz CT molecular complexity index is 1050. The molecule has 3 unspecified atom stereocenters. The topological polar surface area (TPSA) is 155 Å². The fourth-order valence-electron chi connectivity index (χ4n) is 6.32. The lowest BCUT2D eigenvalue weighted by Crippen LogP contribution is -2.34. The van der Waals surface area contributed by atoms with Gasteiger partial charge in [-0.05, 0) is 51.4 Å². The lowest BCUT2D eigenvalue weighted by Gasteiger charge is -2.20. The largest absolute Gasteiger partial charge is 0.480 e. The highest BCUT2D eigenvalue weighted by Crippen LogP contribution is 2.43. The Hall–Kier alpha value is -1.81. The Morgan fingerprint density at radius 3 is 1.44 bits per heavy atom. The number of nitrogens with two attached hydrogens (primary N) is 1. The van der Waals surface area contributed by atoms with E-state index in [0.29, 0.717) is 13.0 Å². The molecular formula is C46H86NO9P. The summed E-state index contributed by atoms with van der Waals surface area (Å²) in [5.41, 5.74) is 5.35. The first-order valence-electron chi connectivity index (χ1n) is 23.0. The number of carboxylic acid groups (broad SMARTS) is 1. The third-order valence-electron chi connectivity index (χ3n) is 9.92. The first-order valence-corrected chi connectivity index (χ1v) is 24.5. The summed E-state index contributed by atoms with van der Waals surface area (Å²) in [4.78, 5) is 33.5. The number of hydrogen-bond donors (Lipinski definition) is 3. The van der Waals surface area contributed by atoms with Crippen LogP contribution in [0.4, 0.5) is 0 Å². The van der Waals surface area contributed by atoms with Crippen molar-refractivity contribution < 1.29 is 42.7 Å². The molecule has 0 aliphatic rings. The van der Waals surface area contributed by atoms with Gasteiger partial charge in [0.1, 0.15) is 12.1 Å². The van der Waals surface area contributed by atoms with Crippen LogP contribution >= 0.6 is 7.82 Å². The van der Waals surface area contributed by atoms with E-state index >= 15 is 0 Å².